The van der Waals surface area contributed by atoms with Crippen molar-refractivity contribution < 1.29 is 4.74 Å². The van der Waals surface area contributed by atoms with Crippen LogP contribution in [0.25, 0.3) is 11.0 Å². The maximum atomic E-state index is 6.21. The predicted octanol–water partition coefficient (Wildman–Crippen LogP) is 7.49. The summed E-state index contributed by atoms with van der Waals surface area (Å²) >= 11 is 12.3. The number of aromatic nitrogens is 2. The molecule has 7 heteroatoms. The average Bonchev–Trinajstić information content (AvgIpc) is 3.07. The van der Waals surface area contributed by atoms with Gasteiger partial charge in [-0.1, -0.05) is 29.3 Å². The van der Waals surface area contributed by atoms with E-state index in [1.54, 1.807) is 13.2 Å². The molecule has 0 atom stereocenters. The first-order valence-corrected chi connectivity index (χ1v) is 11.2. The van der Waals surface area contributed by atoms with Crippen molar-refractivity contribution in [1.29, 1.82) is 0 Å². The Bertz CT molecular complexity index is 1270. The van der Waals surface area contributed by atoms with Crippen molar-refractivity contribution in [3.8, 4) is 5.75 Å². The van der Waals surface area contributed by atoms with E-state index in [2.05, 4.69) is 34.7 Å². The first kappa shape index (κ1) is 22.3. The van der Waals surface area contributed by atoms with Crippen LogP contribution in [0.3, 0.4) is 0 Å². The number of methoxy groups -OCH3 is 1. The molecule has 32 heavy (non-hydrogen) atoms. The lowest BCUT2D eigenvalue weighted by Crippen LogP contribution is -2.25. The molecule has 0 saturated heterocycles. The van der Waals surface area contributed by atoms with Crippen molar-refractivity contribution in [3.63, 3.8) is 0 Å². The lowest BCUT2D eigenvalue weighted by molar-refractivity contribution is 0.416. The lowest BCUT2D eigenvalue weighted by Gasteiger charge is -2.30. The van der Waals surface area contributed by atoms with E-state index in [0.717, 1.165) is 44.6 Å². The highest BCUT2D eigenvalue weighted by molar-refractivity contribution is 6.31. The summed E-state index contributed by atoms with van der Waals surface area (Å²) in [5.41, 5.74) is 5.90. The molecule has 0 spiro atoms. The van der Waals surface area contributed by atoms with Gasteiger partial charge in [-0.15, -0.1) is 0 Å². The van der Waals surface area contributed by atoms with Gasteiger partial charge in [-0.25, -0.2) is 4.98 Å². The second-order valence-corrected chi connectivity index (χ2v) is 8.88. The molecule has 0 aliphatic carbocycles. The van der Waals surface area contributed by atoms with Gasteiger partial charge in [0, 0.05) is 34.9 Å². The topological polar surface area (TPSA) is 42.3 Å². The fraction of sp³-hybridized carbons (Fsp3) is 0.240. The van der Waals surface area contributed by atoms with Crippen molar-refractivity contribution in [2.75, 3.05) is 17.3 Å². The largest absolute Gasteiger partial charge is 0.495 e. The maximum absolute atomic E-state index is 6.21. The van der Waals surface area contributed by atoms with Gasteiger partial charge in [-0.3, -0.25) is 0 Å². The van der Waals surface area contributed by atoms with Crippen LogP contribution >= 0.6 is 23.2 Å². The quantitative estimate of drug-likeness (QED) is 0.318. The van der Waals surface area contributed by atoms with Crippen LogP contribution in [0.1, 0.15) is 19.4 Å². The Balaban J connectivity index is 1.84. The van der Waals surface area contributed by atoms with Crippen LogP contribution in [-0.4, -0.2) is 22.7 Å². The third-order valence-corrected chi connectivity index (χ3v) is 5.94. The fourth-order valence-corrected chi connectivity index (χ4v) is 4.41. The van der Waals surface area contributed by atoms with Crippen LogP contribution in [0.5, 0.6) is 5.75 Å². The molecule has 4 aromatic rings. The van der Waals surface area contributed by atoms with Crippen LogP contribution in [0.15, 0.2) is 54.6 Å². The molecule has 0 aliphatic rings. The molecular formula is C25H26Cl2N4O. The van der Waals surface area contributed by atoms with E-state index in [1.807, 2.05) is 56.4 Å². The Labute approximate surface area is 198 Å². The minimum atomic E-state index is 0.228. The molecule has 0 amide bonds. The highest BCUT2D eigenvalue weighted by Gasteiger charge is 2.21. The van der Waals surface area contributed by atoms with Gasteiger partial charge in [-0.2, -0.15) is 0 Å². The number of nitrogens with one attached hydrogen (secondary N) is 1. The first-order chi connectivity index (χ1) is 15.3. The standard InChI is InChI=1S/C25H26Cl2N4O/c1-15(2)31(19-11-9-17(26)10-12-19)21-8-6-7-20-24(21)30(4)25(28-20)29-23-16(3)13-18(27)14-22(23)32-5/h6-15H,1-5H3,(H,28,29). The van der Waals surface area contributed by atoms with Gasteiger partial charge >= 0.3 is 0 Å². The van der Waals surface area contributed by atoms with E-state index in [1.165, 1.54) is 0 Å². The summed E-state index contributed by atoms with van der Waals surface area (Å²) in [6, 6.07) is 18.0. The van der Waals surface area contributed by atoms with Gasteiger partial charge in [0.05, 0.1) is 29.5 Å². The summed E-state index contributed by atoms with van der Waals surface area (Å²) in [5.74, 6) is 1.39. The molecule has 0 unspecified atom stereocenters. The molecule has 0 aliphatic heterocycles. The maximum Gasteiger partial charge on any atom is 0.208 e. The number of ether oxygens (including phenoxy) is 1. The molecule has 1 aromatic heterocycles. The van der Waals surface area contributed by atoms with Crippen LogP contribution in [0, 0.1) is 6.92 Å². The summed E-state index contributed by atoms with van der Waals surface area (Å²) in [4.78, 5) is 7.16. The summed E-state index contributed by atoms with van der Waals surface area (Å²) in [6.07, 6.45) is 0. The van der Waals surface area contributed by atoms with Gasteiger partial charge in [0.2, 0.25) is 5.95 Å². The highest BCUT2D eigenvalue weighted by Crippen LogP contribution is 2.38. The third-order valence-electron chi connectivity index (χ3n) is 5.47. The molecule has 3 aromatic carbocycles. The summed E-state index contributed by atoms with van der Waals surface area (Å²) in [5, 5.41) is 4.80. The Morgan fingerprint density at radius 1 is 1.03 bits per heavy atom. The Morgan fingerprint density at radius 2 is 1.75 bits per heavy atom. The van der Waals surface area contributed by atoms with Crippen LogP contribution in [-0.2, 0) is 7.05 Å². The van der Waals surface area contributed by atoms with E-state index in [0.29, 0.717) is 10.8 Å². The second kappa shape index (κ2) is 8.93. The number of hydrogen-bond acceptors (Lipinski definition) is 4. The number of anilines is 4. The highest BCUT2D eigenvalue weighted by atomic mass is 35.5. The van der Waals surface area contributed by atoms with Gasteiger partial charge in [-0.05, 0) is 68.8 Å². The molecule has 166 valence electrons. The third kappa shape index (κ3) is 4.10. The van der Waals surface area contributed by atoms with Crippen molar-refractivity contribution >= 4 is 57.2 Å². The monoisotopic (exact) mass is 468 g/mol. The second-order valence-electron chi connectivity index (χ2n) is 8.00. The Hall–Kier alpha value is -2.89. The number of imidazole rings is 1. The van der Waals surface area contributed by atoms with Gasteiger partial charge in [0.1, 0.15) is 5.75 Å². The van der Waals surface area contributed by atoms with E-state index in [9.17, 15) is 0 Å². The Kier molecular flexibility index (Phi) is 6.22. The van der Waals surface area contributed by atoms with Crippen molar-refractivity contribution in [2.45, 2.75) is 26.8 Å². The zero-order chi connectivity index (χ0) is 23.0. The zero-order valence-electron chi connectivity index (χ0n) is 18.8. The van der Waals surface area contributed by atoms with Gasteiger partial charge < -0.3 is 19.5 Å². The fourth-order valence-electron chi connectivity index (χ4n) is 4.02. The predicted molar refractivity (Wildman–Crippen MR) is 135 cm³/mol. The average molecular weight is 469 g/mol. The van der Waals surface area contributed by atoms with Crippen LogP contribution < -0.4 is 15.0 Å². The van der Waals surface area contributed by atoms with Crippen LogP contribution in [0.2, 0.25) is 10.0 Å². The molecule has 1 N–H and O–H groups in total. The minimum Gasteiger partial charge on any atom is -0.495 e. The summed E-state index contributed by atoms with van der Waals surface area (Å²) < 4.78 is 7.62. The normalized spacial score (nSPS) is 11.2. The number of halogens is 2. The van der Waals surface area contributed by atoms with E-state index >= 15 is 0 Å². The molecule has 0 radical (unpaired) electrons. The number of benzene rings is 3. The number of para-hydroxylation sites is 1. The molecule has 0 saturated carbocycles. The summed E-state index contributed by atoms with van der Waals surface area (Å²) in [6.45, 7) is 6.33. The number of rotatable bonds is 6. The molecule has 1 heterocycles. The Morgan fingerprint density at radius 3 is 2.41 bits per heavy atom. The van der Waals surface area contributed by atoms with E-state index in [4.69, 9.17) is 32.9 Å². The number of aryl methyl sites for hydroxylation is 2. The van der Waals surface area contributed by atoms with E-state index < -0.39 is 0 Å². The van der Waals surface area contributed by atoms with E-state index in [-0.39, 0.29) is 6.04 Å². The molecule has 4 rings (SSSR count). The van der Waals surface area contributed by atoms with Crippen molar-refractivity contribution in [2.24, 2.45) is 7.05 Å². The molecule has 0 bridgehead atoms. The molecule has 5 nitrogen and oxygen atoms in total. The van der Waals surface area contributed by atoms with Crippen molar-refractivity contribution in [1.82, 2.24) is 9.55 Å². The minimum absolute atomic E-state index is 0.228. The first-order valence-electron chi connectivity index (χ1n) is 10.4. The SMILES string of the molecule is COc1cc(Cl)cc(C)c1Nc1nc2cccc(N(c3ccc(Cl)cc3)C(C)C)c2n1C. The van der Waals surface area contributed by atoms with Crippen LogP contribution in [0.4, 0.5) is 23.0 Å². The van der Waals surface area contributed by atoms with Gasteiger partial charge in [0.25, 0.3) is 0 Å². The molecule has 0 fully saturated rings. The number of fused-ring (bicyclic) bond motifs is 1. The van der Waals surface area contributed by atoms with Crippen molar-refractivity contribution in [3.05, 3.63) is 70.2 Å². The smallest absolute Gasteiger partial charge is 0.208 e. The number of nitrogens with zero attached hydrogens (tertiary/aromatic N) is 3. The molecular weight excluding hydrogens is 443 g/mol. The lowest BCUT2D eigenvalue weighted by atomic mass is 10.1. The summed E-state index contributed by atoms with van der Waals surface area (Å²) in [7, 11) is 3.65. The number of hydrogen-bond donors (Lipinski definition) is 1. The zero-order valence-corrected chi connectivity index (χ0v) is 20.3. The van der Waals surface area contributed by atoms with Gasteiger partial charge in [0.15, 0.2) is 0 Å².